The molecule has 13 heavy (non-hydrogen) atoms. The molecule has 0 aromatic carbocycles. The van der Waals surface area contributed by atoms with Crippen LogP contribution in [0.1, 0.15) is 6.92 Å². The molecule has 0 saturated carbocycles. The molecule has 0 spiro atoms. The van der Waals surface area contributed by atoms with Gasteiger partial charge in [0.1, 0.15) is 11.9 Å². The van der Waals surface area contributed by atoms with Crippen LogP contribution in [0.4, 0.5) is 0 Å². The molecule has 0 heterocycles. The second-order valence-electron chi connectivity index (χ2n) is 2.57. The molecule has 5 nitrogen and oxygen atoms in total. The summed E-state index contributed by atoms with van der Waals surface area (Å²) in [5.74, 6) is -0.466. The van der Waals surface area contributed by atoms with Gasteiger partial charge < -0.3 is 15.6 Å². The Kier molecular flexibility index (Phi) is 6.34. The monoisotopic (exact) mass is 207 g/mol. The third-order valence-electron chi connectivity index (χ3n) is 1.15. The Hall–Kier alpha value is -0.750. The van der Waals surface area contributed by atoms with E-state index >= 15 is 0 Å². The number of hydrogen-bond donors (Lipinski definition) is 2. The van der Waals surface area contributed by atoms with Crippen LogP contribution in [0.2, 0.25) is 0 Å². The average Bonchev–Trinajstić information content (AvgIpc) is 2.03. The van der Waals surface area contributed by atoms with Crippen molar-refractivity contribution in [3.05, 3.63) is 0 Å². The van der Waals surface area contributed by atoms with Gasteiger partial charge in [-0.3, -0.25) is 9.59 Å². The van der Waals surface area contributed by atoms with Crippen molar-refractivity contribution in [2.24, 2.45) is 5.73 Å². The standard InChI is InChI=1S/C7H13NO4S/c1-5(8)3-13-6(7(10)11)2-12-4-9/h4-6H,2-3,8H2,1H3,(H,10,11). The molecule has 0 aliphatic rings. The molecular formula is C7H13NO4S. The Morgan fingerprint density at radius 3 is 2.77 bits per heavy atom. The lowest BCUT2D eigenvalue weighted by atomic mass is 10.4. The molecule has 76 valence electrons. The summed E-state index contributed by atoms with van der Waals surface area (Å²) in [6.45, 7) is 1.91. The predicted octanol–water partition coefficient (Wildman–Crippen LogP) is -0.307. The maximum absolute atomic E-state index is 10.6. The number of hydrogen-bond acceptors (Lipinski definition) is 5. The minimum absolute atomic E-state index is 0.0666. The molecular weight excluding hydrogens is 194 g/mol. The molecule has 3 N–H and O–H groups in total. The van der Waals surface area contributed by atoms with Crippen molar-refractivity contribution < 1.29 is 19.4 Å². The van der Waals surface area contributed by atoms with E-state index in [1.54, 1.807) is 6.92 Å². The summed E-state index contributed by atoms with van der Waals surface area (Å²) in [5, 5.41) is 7.93. The Morgan fingerprint density at radius 1 is 1.77 bits per heavy atom. The lowest BCUT2D eigenvalue weighted by Crippen LogP contribution is -2.26. The molecule has 2 atom stereocenters. The number of rotatable bonds is 7. The minimum atomic E-state index is -0.993. The Morgan fingerprint density at radius 2 is 2.38 bits per heavy atom. The van der Waals surface area contributed by atoms with E-state index in [0.717, 1.165) is 0 Å². The summed E-state index contributed by atoms with van der Waals surface area (Å²) in [7, 11) is 0. The van der Waals surface area contributed by atoms with Gasteiger partial charge in [0.15, 0.2) is 0 Å². The van der Waals surface area contributed by atoms with Crippen LogP contribution in [0.25, 0.3) is 0 Å². The van der Waals surface area contributed by atoms with Crippen LogP contribution in [0.5, 0.6) is 0 Å². The van der Waals surface area contributed by atoms with E-state index in [0.29, 0.717) is 5.75 Å². The van der Waals surface area contributed by atoms with E-state index in [1.807, 2.05) is 0 Å². The highest BCUT2D eigenvalue weighted by Gasteiger charge is 2.18. The molecule has 0 aliphatic carbocycles. The molecule has 0 bridgehead atoms. The van der Waals surface area contributed by atoms with Gasteiger partial charge in [0.25, 0.3) is 6.47 Å². The topological polar surface area (TPSA) is 89.6 Å². The van der Waals surface area contributed by atoms with Gasteiger partial charge in [-0.05, 0) is 6.92 Å². The number of carboxylic acid groups (broad SMARTS) is 1. The summed E-state index contributed by atoms with van der Waals surface area (Å²) in [4.78, 5) is 20.4. The SMILES string of the molecule is CC(N)CSC(COC=O)C(=O)O. The lowest BCUT2D eigenvalue weighted by molar-refractivity contribution is -0.138. The predicted molar refractivity (Wildman–Crippen MR) is 49.5 cm³/mol. The zero-order valence-electron chi connectivity index (χ0n) is 7.30. The Balaban J connectivity index is 3.80. The normalized spacial score (nSPS) is 14.6. The fourth-order valence-electron chi connectivity index (χ4n) is 0.585. The van der Waals surface area contributed by atoms with Gasteiger partial charge >= 0.3 is 5.97 Å². The quantitative estimate of drug-likeness (QED) is 0.557. The van der Waals surface area contributed by atoms with Crippen LogP contribution in [0.15, 0.2) is 0 Å². The second-order valence-corrected chi connectivity index (χ2v) is 3.80. The van der Waals surface area contributed by atoms with Crippen LogP contribution in [-0.2, 0) is 14.3 Å². The number of aliphatic carboxylic acids is 1. The third kappa shape index (κ3) is 6.41. The van der Waals surface area contributed by atoms with Crippen molar-refractivity contribution >= 4 is 24.2 Å². The van der Waals surface area contributed by atoms with Crippen molar-refractivity contribution in [2.45, 2.75) is 18.2 Å². The van der Waals surface area contributed by atoms with E-state index in [1.165, 1.54) is 11.8 Å². The molecule has 2 unspecified atom stereocenters. The molecule has 0 aromatic heterocycles. The summed E-state index contributed by atoms with van der Waals surface area (Å²) < 4.78 is 4.37. The van der Waals surface area contributed by atoms with Crippen LogP contribution >= 0.6 is 11.8 Å². The summed E-state index contributed by atoms with van der Waals surface area (Å²) in [6.07, 6.45) is 0. The Bertz CT molecular complexity index is 174. The van der Waals surface area contributed by atoms with Crippen LogP contribution in [0.3, 0.4) is 0 Å². The minimum Gasteiger partial charge on any atom is -0.480 e. The van der Waals surface area contributed by atoms with Gasteiger partial charge in [-0.2, -0.15) is 0 Å². The third-order valence-corrected chi connectivity index (χ3v) is 2.61. The summed E-state index contributed by atoms with van der Waals surface area (Å²) >= 11 is 1.17. The van der Waals surface area contributed by atoms with E-state index in [2.05, 4.69) is 4.74 Å². The first-order chi connectivity index (χ1) is 6.07. The van der Waals surface area contributed by atoms with Crippen molar-refractivity contribution in [3.63, 3.8) is 0 Å². The molecule has 0 fully saturated rings. The van der Waals surface area contributed by atoms with E-state index in [-0.39, 0.29) is 19.1 Å². The zero-order chi connectivity index (χ0) is 10.3. The Labute approximate surface area is 80.6 Å². The van der Waals surface area contributed by atoms with Crippen LogP contribution in [0, 0.1) is 0 Å². The largest absolute Gasteiger partial charge is 0.480 e. The van der Waals surface area contributed by atoms with Crippen LogP contribution < -0.4 is 5.73 Å². The number of carbonyl (C=O) groups is 2. The van der Waals surface area contributed by atoms with Gasteiger partial charge in [-0.15, -0.1) is 11.8 Å². The zero-order valence-corrected chi connectivity index (χ0v) is 8.12. The van der Waals surface area contributed by atoms with Crippen molar-refractivity contribution in [3.8, 4) is 0 Å². The first-order valence-electron chi connectivity index (χ1n) is 3.73. The van der Waals surface area contributed by atoms with E-state index < -0.39 is 11.2 Å². The van der Waals surface area contributed by atoms with E-state index in [4.69, 9.17) is 10.8 Å². The molecule has 0 aliphatic heterocycles. The highest BCUT2D eigenvalue weighted by Crippen LogP contribution is 2.12. The van der Waals surface area contributed by atoms with Gasteiger partial charge in [-0.25, -0.2) is 0 Å². The number of nitrogens with two attached hydrogens (primary N) is 1. The first-order valence-corrected chi connectivity index (χ1v) is 4.78. The second kappa shape index (κ2) is 6.73. The summed E-state index contributed by atoms with van der Waals surface area (Å²) in [6, 6.07) is -0.0666. The maximum atomic E-state index is 10.6. The molecule has 0 saturated heterocycles. The molecule has 0 aromatic rings. The fourth-order valence-corrected chi connectivity index (χ4v) is 1.44. The molecule has 0 rings (SSSR count). The number of thioether (sulfide) groups is 1. The van der Waals surface area contributed by atoms with Crippen molar-refractivity contribution in [1.29, 1.82) is 0 Å². The van der Waals surface area contributed by atoms with Gasteiger partial charge in [0.2, 0.25) is 0 Å². The average molecular weight is 207 g/mol. The highest BCUT2D eigenvalue weighted by atomic mass is 32.2. The van der Waals surface area contributed by atoms with E-state index in [9.17, 15) is 9.59 Å². The maximum Gasteiger partial charge on any atom is 0.320 e. The van der Waals surface area contributed by atoms with Crippen molar-refractivity contribution in [1.82, 2.24) is 0 Å². The summed E-state index contributed by atoms with van der Waals surface area (Å²) in [5.41, 5.74) is 5.45. The first kappa shape index (κ1) is 12.2. The lowest BCUT2D eigenvalue weighted by Gasteiger charge is -2.11. The molecule has 0 radical (unpaired) electrons. The van der Waals surface area contributed by atoms with Crippen LogP contribution in [-0.4, -0.2) is 41.2 Å². The van der Waals surface area contributed by atoms with Gasteiger partial charge in [0, 0.05) is 11.8 Å². The van der Waals surface area contributed by atoms with Gasteiger partial charge in [-0.1, -0.05) is 0 Å². The molecule has 6 heteroatoms. The fraction of sp³-hybridized carbons (Fsp3) is 0.714. The van der Waals surface area contributed by atoms with Gasteiger partial charge in [0.05, 0.1) is 0 Å². The number of carboxylic acids is 1. The highest BCUT2D eigenvalue weighted by molar-refractivity contribution is 8.00. The van der Waals surface area contributed by atoms with Crippen molar-refractivity contribution in [2.75, 3.05) is 12.4 Å². The number of carbonyl (C=O) groups excluding carboxylic acids is 1. The number of ether oxygens (including phenoxy) is 1. The smallest absolute Gasteiger partial charge is 0.320 e. The molecule has 0 amide bonds.